The van der Waals surface area contributed by atoms with E-state index in [4.69, 9.17) is 0 Å². The summed E-state index contributed by atoms with van der Waals surface area (Å²) in [6.07, 6.45) is 1.41. The molecule has 3 heteroatoms. The Balaban J connectivity index is 1.77. The number of likely N-dealkylation sites (N-methyl/N-ethyl adjacent to an activating group) is 1. The zero-order valence-electron chi connectivity index (χ0n) is 11.8. The molecule has 0 bridgehead atoms. The summed E-state index contributed by atoms with van der Waals surface area (Å²) in [5, 5.41) is 1.42. The number of hydrogen-bond donors (Lipinski definition) is 0. The SMILES string of the molecule is CN1CC2CC2(c2cc3ccc(N(C)C)cc3s2)C1. The number of likely N-dealkylation sites (tertiary alicyclic amines) is 1. The molecule has 100 valence electrons. The summed E-state index contributed by atoms with van der Waals surface area (Å²) in [7, 11) is 6.47. The standard InChI is InChI=1S/C16H20N2S/c1-17(2)13-5-4-11-6-15(19-14(11)7-13)16-8-12(16)9-18(3)10-16/h4-7,12H,8-10H2,1-3H3. The minimum atomic E-state index is 0.511. The van der Waals surface area contributed by atoms with Crippen molar-refractivity contribution in [2.24, 2.45) is 5.92 Å². The predicted molar refractivity (Wildman–Crippen MR) is 83.4 cm³/mol. The first-order valence-corrected chi connectivity index (χ1v) is 7.80. The lowest BCUT2D eigenvalue weighted by molar-refractivity contribution is 0.364. The Bertz CT molecular complexity index is 645. The van der Waals surface area contributed by atoms with Crippen LogP contribution in [0, 0.1) is 5.92 Å². The highest BCUT2D eigenvalue weighted by Gasteiger charge is 2.60. The first kappa shape index (κ1) is 11.7. The monoisotopic (exact) mass is 272 g/mol. The van der Waals surface area contributed by atoms with Gasteiger partial charge in [-0.15, -0.1) is 11.3 Å². The Morgan fingerprint density at radius 2 is 2.16 bits per heavy atom. The van der Waals surface area contributed by atoms with Crippen LogP contribution in [0.25, 0.3) is 10.1 Å². The van der Waals surface area contributed by atoms with Gasteiger partial charge in [-0.2, -0.15) is 0 Å². The fraction of sp³-hybridized carbons (Fsp3) is 0.500. The van der Waals surface area contributed by atoms with Crippen LogP contribution in [0.4, 0.5) is 5.69 Å². The molecule has 2 aromatic rings. The Hall–Kier alpha value is -1.06. The van der Waals surface area contributed by atoms with Crippen molar-refractivity contribution in [1.82, 2.24) is 4.90 Å². The molecule has 2 heterocycles. The average molecular weight is 272 g/mol. The van der Waals surface area contributed by atoms with E-state index in [0.717, 1.165) is 5.92 Å². The van der Waals surface area contributed by atoms with E-state index < -0.39 is 0 Å². The third-order valence-electron chi connectivity index (χ3n) is 4.83. The van der Waals surface area contributed by atoms with Gasteiger partial charge in [0.25, 0.3) is 0 Å². The summed E-state index contributed by atoms with van der Waals surface area (Å²) in [6, 6.07) is 9.27. The number of fused-ring (bicyclic) bond motifs is 2. The summed E-state index contributed by atoms with van der Waals surface area (Å²) >= 11 is 2.02. The lowest BCUT2D eigenvalue weighted by Gasteiger charge is -2.14. The largest absolute Gasteiger partial charge is 0.378 e. The molecule has 0 N–H and O–H groups in total. The Kier molecular flexibility index (Phi) is 2.31. The second kappa shape index (κ2) is 3.74. The maximum atomic E-state index is 2.49. The van der Waals surface area contributed by atoms with Gasteiger partial charge in [0.1, 0.15) is 0 Å². The molecule has 1 aliphatic carbocycles. The second-order valence-corrected chi connectivity index (χ2v) is 7.56. The van der Waals surface area contributed by atoms with Gasteiger partial charge in [0.2, 0.25) is 0 Å². The van der Waals surface area contributed by atoms with Crippen molar-refractivity contribution in [3.05, 3.63) is 29.1 Å². The Labute approximate surface area is 118 Å². The van der Waals surface area contributed by atoms with Crippen molar-refractivity contribution in [2.75, 3.05) is 39.1 Å². The number of thiophene rings is 1. The molecule has 2 aliphatic rings. The lowest BCUT2D eigenvalue weighted by Crippen LogP contribution is -2.21. The van der Waals surface area contributed by atoms with Gasteiger partial charge >= 0.3 is 0 Å². The molecule has 1 aromatic carbocycles. The summed E-state index contributed by atoms with van der Waals surface area (Å²) in [4.78, 5) is 6.29. The number of benzene rings is 1. The quantitative estimate of drug-likeness (QED) is 0.828. The van der Waals surface area contributed by atoms with Crippen LogP contribution >= 0.6 is 11.3 Å². The predicted octanol–water partition coefficient (Wildman–Crippen LogP) is 3.17. The van der Waals surface area contributed by atoms with Crippen LogP contribution < -0.4 is 4.90 Å². The topological polar surface area (TPSA) is 6.48 Å². The number of rotatable bonds is 2. The number of piperidine rings is 1. The normalized spacial score (nSPS) is 29.7. The van der Waals surface area contributed by atoms with Crippen molar-refractivity contribution in [3.8, 4) is 0 Å². The molecule has 4 rings (SSSR count). The van der Waals surface area contributed by atoms with Crippen molar-refractivity contribution in [1.29, 1.82) is 0 Å². The molecule has 1 aliphatic heterocycles. The fourth-order valence-electron chi connectivity index (χ4n) is 3.66. The van der Waals surface area contributed by atoms with Crippen molar-refractivity contribution < 1.29 is 0 Å². The molecular formula is C16H20N2S. The van der Waals surface area contributed by atoms with Gasteiger partial charge in [-0.1, -0.05) is 6.07 Å². The molecule has 0 radical (unpaired) electrons. The minimum absolute atomic E-state index is 0.511. The van der Waals surface area contributed by atoms with E-state index in [1.807, 2.05) is 11.3 Å². The van der Waals surface area contributed by atoms with E-state index in [1.165, 1.54) is 35.3 Å². The fourth-order valence-corrected chi connectivity index (χ4v) is 5.02. The van der Waals surface area contributed by atoms with Crippen LogP contribution in [0.2, 0.25) is 0 Å². The molecule has 2 nitrogen and oxygen atoms in total. The molecule has 2 fully saturated rings. The smallest absolute Gasteiger partial charge is 0.0375 e. The van der Waals surface area contributed by atoms with Gasteiger partial charge in [0.05, 0.1) is 0 Å². The Morgan fingerprint density at radius 3 is 2.84 bits per heavy atom. The van der Waals surface area contributed by atoms with E-state index in [2.05, 4.69) is 55.2 Å². The Morgan fingerprint density at radius 1 is 1.32 bits per heavy atom. The van der Waals surface area contributed by atoms with Gasteiger partial charge < -0.3 is 9.80 Å². The van der Waals surface area contributed by atoms with Gasteiger partial charge in [0.15, 0.2) is 0 Å². The third-order valence-corrected chi connectivity index (χ3v) is 6.14. The molecule has 1 saturated heterocycles. The first-order chi connectivity index (χ1) is 9.08. The highest BCUT2D eigenvalue weighted by Crippen LogP contribution is 2.60. The highest BCUT2D eigenvalue weighted by molar-refractivity contribution is 7.19. The zero-order chi connectivity index (χ0) is 13.2. The second-order valence-electron chi connectivity index (χ2n) is 6.48. The maximum Gasteiger partial charge on any atom is 0.0375 e. The van der Waals surface area contributed by atoms with E-state index in [-0.39, 0.29) is 0 Å². The number of hydrogen-bond acceptors (Lipinski definition) is 3. The average Bonchev–Trinajstić information content (AvgIpc) is 2.77. The molecule has 2 atom stereocenters. The van der Waals surface area contributed by atoms with Crippen molar-refractivity contribution in [3.63, 3.8) is 0 Å². The molecule has 19 heavy (non-hydrogen) atoms. The van der Waals surface area contributed by atoms with Gasteiger partial charge in [0, 0.05) is 47.9 Å². The van der Waals surface area contributed by atoms with E-state index in [1.54, 1.807) is 4.88 Å². The van der Waals surface area contributed by atoms with Gasteiger partial charge in [-0.3, -0.25) is 0 Å². The lowest BCUT2D eigenvalue weighted by atomic mass is 10.0. The maximum absolute atomic E-state index is 2.49. The van der Waals surface area contributed by atoms with Crippen LogP contribution in [0.3, 0.4) is 0 Å². The third kappa shape index (κ3) is 1.65. The van der Waals surface area contributed by atoms with Gasteiger partial charge in [-0.05, 0) is 43.0 Å². The molecule has 2 unspecified atom stereocenters. The van der Waals surface area contributed by atoms with E-state index in [9.17, 15) is 0 Å². The van der Waals surface area contributed by atoms with Crippen LogP contribution in [0.15, 0.2) is 24.3 Å². The number of nitrogens with zero attached hydrogens (tertiary/aromatic N) is 2. The highest BCUT2D eigenvalue weighted by atomic mass is 32.1. The molecule has 1 aromatic heterocycles. The van der Waals surface area contributed by atoms with Gasteiger partial charge in [-0.25, -0.2) is 0 Å². The van der Waals surface area contributed by atoms with Crippen LogP contribution in [-0.4, -0.2) is 39.1 Å². The van der Waals surface area contributed by atoms with Crippen LogP contribution in [-0.2, 0) is 5.41 Å². The first-order valence-electron chi connectivity index (χ1n) is 6.98. The van der Waals surface area contributed by atoms with Crippen LogP contribution in [0.1, 0.15) is 11.3 Å². The van der Waals surface area contributed by atoms with Crippen molar-refractivity contribution >= 4 is 27.1 Å². The molecule has 0 spiro atoms. The van der Waals surface area contributed by atoms with Crippen LogP contribution in [0.5, 0.6) is 0 Å². The molecule has 0 amide bonds. The minimum Gasteiger partial charge on any atom is -0.378 e. The molecule has 1 saturated carbocycles. The summed E-state index contributed by atoms with van der Waals surface area (Å²) in [6.45, 7) is 2.54. The summed E-state index contributed by atoms with van der Waals surface area (Å²) < 4.78 is 1.44. The van der Waals surface area contributed by atoms with Crippen molar-refractivity contribution in [2.45, 2.75) is 11.8 Å². The molecular weight excluding hydrogens is 252 g/mol. The van der Waals surface area contributed by atoms with E-state index in [0.29, 0.717) is 5.41 Å². The zero-order valence-corrected chi connectivity index (χ0v) is 12.6. The number of anilines is 1. The summed E-state index contributed by atoms with van der Waals surface area (Å²) in [5.74, 6) is 0.916. The summed E-state index contributed by atoms with van der Waals surface area (Å²) in [5.41, 5.74) is 1.81. The van der Waals surface area contributed by atoms with E-state index >= 15 is 0 Å².